The Morgan fingerprint density at radius 2 is 1.78 bits per heavy atom. The van der Waals surface area contributed by atoms with Gasteiger partial charge in [0.05, 0.1) is 5.92 Å². The largest absolute Gasteiger partial charge is 0.391 e. The number of piperidine rings is 1. The highest BCUT2D eigenvalue weighted by Gasteiger charge is 2.41. The topological polar surface area (TPSA) is 29.3 Å². The molecule has 2 rings (SSSR count). The van der Waals surface area contributed by atoms with E-state index in [1.165, 1.54) is 19.3 Å². The maximum Gasteiger partial charge on any atom is 0.391 e. The lowest BCUT2D eigenvalue weighted by Crippen LogP contribution is -2.43. The second-order valence-corrected chi connectivity index (χ2v) is 5.97. The highest BCUT2D eigenvalue weighted by molar-refractivity contribution is 4.89. The molecule has 0 unspecified atom stereocenters. The minimum absolute atomic E-state index is 0.263. The summed E-state index contributed by atoms with van der Waals surface area (Å²) in [5, 5.41) is 0. The normalized spacial score (nSPS) is 26.0. The Balaban J connectivity index is 1.71. The zero-order valence-corrected chi connectivity index (χ0v) is 10.8. The number of nitrogens with two attached hydrogens (primary N) is 1. The third kappa shape index (κ3) is 3.18. The molecule has 1 aliphatic heterocycles. The van der Waals surface area contributed by atoms with Crippen LogP contribution < -0.4 is 5.73 Å². The van der Waals surface area contributed by atoms with Crippen molar-refractivity contribution in [3.63, 3.8) is 0 Å². The number of rotatable bonds is 4. The van der Waals surface area contributed by atoms with E-state index in [1.807, 2.05) is 0 Å². The van der Waals surface area contributed by atoms with Crippen LogP contribution >= 0.6 is 0 Å². The third-order valence-corrected chi connectivity index (χ3v) is 4.86. The molecule has 0 amide bonds. The maximum absolute atomic E-state index is 12.5. The van der Waals surface area contributed by atoms with Crippen LogP contribution in [0.15, 0.2) is 0 Å². The van der Waals surface area contributed by atoms with Crippen molar-refractivity contribution in [3.05, 3.63) is 0 Å². The van der Waals surface area contributed by atoms with Crippen molar-refractivity contribution < 1.29 is 13.2 Å². The molecule has 2 aliphatic rings. The van der Waals surface area contributed by atoms with E-state index in [-0.39, 0.29) is 12.8 Å². The molecule has 1 aliphatic carbocycles. The van der Waals surface area contributed by atoms with E-state index in [2.05, 4.69) is 4.90 Å². The number of hydrogen-bond acceptors (Lipinski definition) is 2. The van der Waals surface area contributed by atoms with Crippen LogP contribution in [-0.2, 0) is 0 Å². The Bertz CT molecular complexity index is 260. The first-order valence-corrected chi connectivity index (χ1v) is 6.94. The Labute approximate surface area is 107 Å². The van der Waals surface area contributed by atoms with Gasteiger partial charge < -0.3 is 10.6 Å². The van der Waals surface area contributed by atoms with Crippen LogP contribution in [0.2, 0.25) is 0 Å². The van der Waals surface area contributed by atoms with E-state index in [9.17, 15) is 13.2 Å². The minimum Gasteiger partial charge on any atom is -0.330 e. The first kappa shape index (κ1) is 14.1. The van der Waals surface area contributed by atoms with Gasteiger partial charge in [-0.2, -0.15) is 13.2 Å². The zero-order valence-electron chi connectivity index (χ0n) is 10.8. The molecule has 2 N–H and O–H groups in total. The summed E-state index contributed by atoms with van der Waals surface area (Å²) in [5.74, 6) is -1.08. The molecule has 0 bridgehead atoms. The van der Waals surface area contributed by atoms with Gasteiger partial charge in [0.2, 0.25) is 0 Å². The molecule has 0 radical (unpaired) electrons. The maximum atomic E-state index is 12.5. The van der Waals surface area contributed by atoms with E-state index in [1.54, 1.807) is 0 Å². The van der Waals surface area contributed by atoms with Crippen molar-refractivity contribution in [2.45, 2.75) is 44.7 Å². The van der Waals surface area contributed by atoms with Gasteiger partial charge in [0.25, 0.3) is 0 Å². The Morgan fingerprint density at radius 3 is 2.17 bits per heavy atom. The average Bonchev–Trinajstić information content (AvgIpc) is 2.28. The smallest absolute Gasteiger partial charge is 0.330 e. The molecular formula is C13H23F3N2. The van der Waals surface area contributed by atoms with E-state index < -0.39 is 12.1 Å². The first-order valence-electron chi connectivity index (χ1n) is 6.94. The average molecular weight is 264 g/mol. The molecule has 106 valence electrons. The first-order chi connectivity index (χ1) is 8.45. The Kier molecular flexibility index (Phi) is 4.22. The monoisotopic (exact) mass is 264 g/mol. The summed E-state index contributed by atoms with van der Waals surface area (Å²) in [7, 11) is 0. The Morgan fingerprint density at radius 1 is 1.17 bits per heavy atom. The van der Waals surface area contributed by atoms with Crippen LogP contribution in [0.5, 0.6) is 0 Å². The van der Waals surface area contributed by atoms with E-state index in [4.69, 9.17) is 5.73 Å². The minimum atomic E-state index is -4.00. The van der Waals surface area contributed by atoms with Crippen LogP contribution in [0.4, 0.5) is 13.2 Å². The number of alkyl halides is 3. The SMILES string of the molecule is NCC1(CCN2CCC(C(F)(F)F)CC2)CCC1. The second kappa shape index (κ2) is 5.37. The van der Waals surface area contributed by atoms with Crippen molar-refractivity contribution >= 4 is 0 Å². The van der Waals surface area contributed by atoms with Gasteiger partial charge in [-0.15, -0.1) is 0 Å². The van der Waals surface area contributed by atoms with Gasteiger partial charge in [-0.05, 0) is 63.7 Å². The molecule has 5 heteroatoms. The predicted molar refractivity (Wildman–Crippen MR) is 65.2 cm³/mol. The molecule has 0 aromatic heterocycles. The fourth-order valence-corrected chi connectivity index (χ4v) is 3.11. The van der Waals surface area contributed by atoms with Gasteiger partial charge in [-0.3, -0.25) is 0 Å². The second-order valence-electron chi connectivity index (χ2n) is 5.97. The fraction of sp³-hybridized carbons (Fsp3) is 1.00. The zero-order chi connectivity index (χ0) is 13.2. The van der Waals surface area contributed by atoms with E-state index in [0.29, 0.717) is 18.5 Å². The number of nitrogens with zero attached hydrogens (tertiary/aromatic N) is 1. The van der Waals surface area contributed by atoms with Crippen LogP contribution in [0.3, 0.4) is 0 Å². The van der Waals surface area contributed by atoms with Crippen molar-refractivity contribution in [1.29, 1.82) is 0 Å². The molecule has 0 atom stereocenters. The summed E-state index contributed by atoms with van der Waals surface area (Å²) < 4.78 is 37.6. The molecule has 0 aromatic carbocycles. The number of hydrogen-bond donors (Lipinski definition) is 1. The van der Waals surface area contributed by atoms with Gasteiger partial charge in [0, 0.05) is 0 Å². The highest BCUT2D eigenvalue weighted by atomic mass is 19.4. The quantitative estimate of drug-likeness (QED) is 0.846. The third-order valence-electron chi connectivity index (χ3n) is 4.86. The van der Waals surface area contributed by atoms with Gasteiger partial charge in [-0.1, -0.05) is 6.42 Å². The van der Waals surface area contributed by atoms with E-state index >= 15 is 0 Å². The molecule has 2 fully saturated rings. The molecule has 1 heterocycles. The van der Waals surface area contributed by atoms with Gasteiger partial charge in [-0.25, -0.2) is 0 Å². The summed E-state index contributed by atoms with van der Waals surface area (Å²) in [6, 6.07) is 0. The molecule has 0 spiro atoms. The molecule has 0 aromatic rings. The van der Waals surface area contributed by atoms with Crippen molar-refractivity contribution in [1.82, 2.24) is 4.90 Å². The lowest BCUT2D eigenvalue weighted by atomic mass is 9.66. The summed E-state index contributed by atoms with van der Waals surface area (Å²) >= 11 is 0. The van der Waals surface area contributed by atoms with Gasteiger partial charge in [0.15, 0.2) is 0 Å². The predicted octanol–water partition coefficient (Wildman–Crippen LogP) is 2.78. The molecule has 1 saturated heterocycles. The lowest BCUT2D eigenvalue weighted by Gasteiger charge is -2.43. The summed E-state index contributed by atoms with van der Waals surface area (Å²) in [4.78, 5) is 2.18. The lowest BCUT2D eigenvalue weighted by molar-refractivity contribution is -0.185. The van der Waals surface area contributed by atoms with Gasteiger partial charge >= 0.3 is 6.18 Å². The summed E-state index contributed by atoms with van der Waals surface area (Å²) in [6.45, 7) is 2.82. The van der Waals surface area contributed by atoms with Crippen LogP contribution in [-0.4, -0.2) is 37.3 Å². The number of likely N-dealkylation sites (tertiary alicyclic amines) is 1. The van der Waals surface area contributed by atoms with Crippen LogP contribution in [0, 0.1) is 11.3 Å². The Hall–Kier alpha value is -0.290. The van der Waals surface area contributed by atoms with Crippen molar-refractivity contribution in [2.24, 2.45) is 17.1 Å². The molecule has 2 nitrogen and oxygen atoms in total. The molecule has 1 saturated carbocycles. The van der Waals surface area contributed by atoms with Crippen molar-refractivity contribution in [3.8, 4) is 0 Å². The fourth-order valence-electron chi connectivity index (χ4n) is 3.11. The van der Waals surface area contributed by atoms with Crippen LogP contribution in [0.1, 0.15) is 38.5 Å². The molecular weight excluding hydrogens is 241 g/mol. The van der Waals surface area contributed by atoms with Crippen LogP contribution in [0.25, 0.3) is 0 Å². The summed E-state index contributed by atoms with van der Waals surface area (Å²) in [5.41, 5.74) is 6.10. The van der Waals surface area contributed by atoms with Gasteiger partial charge in [0.1, 0.15) is 0 Å². The standard InChI is InChI=1S/C13H23F3N2/c14-13(15,16)11-2-7-18(8-3-11)9-6-12(10-17)4-1-5-12/h11H,1-10,17H2. The summed E-state index contributed by atoms with van der Waals surface area (Å²) in [6.07, 6.45) is 1.23. The number of halogens is 3. The highest BCUT2D eigenvalue weighted by Crippen LogP contribution is 2.43. The van der Waals surface area contributed by atoms with Crippen molar-refractivity contribution in [2.75, 3.05) is 26.2 Å². The molecule has 18 heavy (non-hydrogen) atoms. The van der Waals surface area contributed by atoms with E-state index in [0.717, 1.165) is 19.5 Å².